The zero-order valence-corrected chi connectivity index (χ0v) is 16.5. The normalized spacial score (nSPS) is 17.2. The molecular weight excluding hydrogens is 406 g/mol. The number of nitrogens with zero attached hydrogens (tertiary/aromatic N) is 3. The Morgan fingerprint density at radius 3 is 3.07 bits per heavy atom. The minimum absolute atomic E-state index is 0.139. The summed E-state index contributed by atoms with van der Waals surface area (Å²) in [5, 5.41) is 13.2. The number of nitrogens with one attached hydrogen (secondary N) is 1. The lowest BCUT2D eigenvalue weighted by Crippen LogP contribution is -2.47. The Kier molecular flexibility index (Phi) is 7.33. The van der Waals surface area contributed by atoms with E-state index in [-0.39, 0.29) is 17.8 Å². The van der Waals surface area contributed by atoms with E-state index in [4.69, 9.17) is 10.00 Å². The van der Waals surface area contributed by atoms with Gasteiger partial charge in [0.1, 0.15) is 6.07 Å². The van der Waals surface area contributed by atoms with Crippen LogP contribution in [0.4, 0.5) is 8.78 Å². The second-order valence-corrected chi connectivity index (χ2v) is 8.26. The van der Waals surface area contributed by atoms with E-state index in [9.17, 15) is 13.6 Å². The molecule has 0 aliphatic carbocycles. The molecule has 1 atom stereocenters. The van der Waals surface area contributed by atoms with Gasteiger partial charge in [-0.1, -0.05) is 17.8 Å². The third-order valence-electron chi connectivity index (χ3n) is 4.06. The molecule has 1 aromatic carbocycles. The molecule has 3 rings (SSSR count). The van der Waals surface area contributed by atoms with Gasteiger partial charge in [0.05, 0.1) is 18.5 Å². The van der Waals surface area contributed by atoms with Gasteiger partial charge in [0.15, 0.2) is 21.7 Å². The lowest BCUT2D eigenvalue weighted by molar-refractivity contribution is -0.119. The molecule has 28 heavy (non-hydrogen) atoms. The standard InChI is InChI=1S/C18H18F2N4O2S2/c19-15-2-1-12(5-16(15)20)8-24-3-4-26-14(9-24)7-22-17(25)11-28-18-23-13(6-21)10-27-18/h1-2,5,10,14H,3-4,7-9,11H2,(H,22,25)/t14-/m0/s1. The maximum absolute atomic E-state index is 13.3. The number of amides is 1. The zero-order valence-electron chi connectivity index (χ0n) is 14.9. The molecule has 1 fully saturated rings. The quantitative estimate of drug-likeness (QED) is 0.688. The van der Waals surface area contributed by atoms with Crippen LogP contribution in [-0.2, 0) is 16.1 Å². The molecule has 1 N–H and O–H groups in total. The molecule has 148 valence electrons. The third-order valence-corrected chi connectivity index (χ3v) is 6.09. The first-order valence-electron chi connectivity index (χ1n) is 8.56. The number of carbonyl (C=O) groups excluding carboxylic acids is 1. The van der Waals surface area contributed by atoms with E-state index in [0.717, 1.165) is 6.07 Å². The number of hydrogen-bond acceptors (Lipinski definition) is 7. The first-order valence-corrected chi connectivity index (χ1v) is 10.4. The van der Waals surface area contributed by atoms with Crippen molar-refractivity contribution < 1.29 is 18.3 Å². The molecule has 0 unspecified atom stereocenters. The molecule has 6 nitrogen and oxygen atoms in total. The van der Waals surface area contributed by atoms with E-state index in [1.54, 1.807) is 11.4 Å². The number of halogens is 2. The summed E-state index contributed by atoms with van der Waals surface area (Å²) in [5.41, 5.74) is 1.05. The van der Waals surface area contributed by atoms with Gasteiger partial charge >= 0.3 is 0 Å². The highest BCUT2D eigenvalue weighted by molar-refractivity contribution is 8.01. The Labute approximate surface area is 169 Å². The van der Waals surface area contributed by atoms with Crippen LogP contribution < -0.4 is 5.32 Å². The van der Waals surface area contributed by atoms with Gasteiger partial charge in [-0.05, 0) is 17.7 Å². The summed E-state index contributed by atoms with van der Waals surface area (Å²) in [6.45, 7) is 2.64. The van der Waals surface area contributed by atoms with E-state index < -0.39 is 11.6 Å². The topological polar surface area (TPSA) is 78.2 Å². The fourth-order valence-electron chi connectivity index (χ4n) is 2.72. The Morgan fingerprint density at radius 2 is 2.32 bits per heavy atom. The van der Waals surface area contributed by atoms with Crippen molar-refractivity contribution in [1.82, 2.24) is 15.2 Å². The number of hydrogen-bond donors (Lipinski definition) is 1. The predicted octanol–water partition coefficient (Wildman–Crippen LogP) is 2.40. The molecule has 0 saturated carbocycles. The van der Waals surface area contributed by atoms with Crippen LogP contribution in [0.1, 0.15) is 11.3 Å². The summed E-state index contributed by atoms with van der Waals surface area (Å²) in [5.74, 6) is -1.64. The van der Waals surface area contributed by atoms with Gasteiger partial charge in [0.2, 0.25) is 5.91 Å². The van der Waals surface area contributed by atoms with Gasteiger partial charge in [-0.25, -0.2) is 13.8 Å². The molecule has 0 bridgehead atoms. The van der Waals surface area contributed by atoms with Crippen LogP contribution in [0, 0.1) is 23.0 Å². The van der Waals surface area contributed by atoms with E-state index in [0.29, 0.717) is 48.4 Å². The van der Waals surface area contributed by atoms with Gasteiger partial charge in [0.25, 0.3) is 0 Å². The van der Waals surface area contributed by atoms with E-state index in [2.05, 4.69) is 15.2 Å². The summed E-state index contributed by atoms with van der Waals surface area (Å²) < 4.78 is 32.7. The summed E-state index contributed by atoms with van der Waals surface area (Å²) in [6, 6.07) is 5.85. The Balaban J connectivity index is 1.41. The van der Waals surface area contributed by atoms with Crippen molar-refractivity contribution in [2.75, 3.05) is 32.0 Å². The smallest absolute Gasteiger partial charge is 0.230 e. The maximum atomic E-state index is 13.3. The van der Waals surface area contributed by atoms with Crippen LogP contribution in [0.25, 0.3) is 0 Å². The molecule has 0 radical (unpaired) electrons. The van der Waals surface area contributed by atoms with Crippen molar-refractivity contribution in [3.63, 3.8) is 0 Å². The van der Waals surface area contributed by atoms with E-state index >= 15 is 0 Å². The number of thioether (sulfide) groups is 1. The number of ether oxygens (including phenoxy) is 1. The first-order chi connectivity index (χ1) is 13.5. The van der Waals surface area contributed by atoms with Crippen molar-refractivity contribution in [3.8, 4) is 6.07 Å². The molecule has 1 saturated heterocycles. The third kappa shape index (κ3) is 5.97. The average molecular weight is 424 g/mol. The molecule has 1 aliphatic heterocycles. The Morgan fingerprint density at radius 1 is 1.46 bits per heavy atom. The van der Waals surface area contributed by atoms with Gasteiger partial charge in [-0.3, -0.25) is 9.69 Å². The minimum atomic E-state index is -0.856. The highest BCUT2D eigenvalue weighted by Gasteiger charge is 2.21. The van der Waals surface area contributed by atoms with Crippen LogP contribution in [0.15, 0.2) is 27.9 Å². The zero-order chi connectivity index (χ0) is 19.9. The van der Waals surface area contributed by atoms with Crippen LogP contribution in [0.2, 0.25) is 0 Å². The van der Waals surface area contributed by atoms with Gasteiger partial charge in [-0.2, -0.15) is 5.26 Å². The van der Waals surface area contributed by atoms with Crippen LogP contribution in [0.3, 0.4) is 0 Å². The first kappa shape index (κ1) is 20.7. The lowest BCUT2D eigenvalue weighted by Gasteiger charge is -2.33. The van der Waals surface area contributed by atoms with E-state index in [1.165, 1.54) is 29.2 Å². The lowest BCUT2D eigenvalue weighted by atomic mass is 10.1. The van der Waals surface area contributed by atoms with Crippen LogP contribution >= 0.6 is 23.1 Å². The molecule has 1 aliphatic rings. The molecule has 1 aromatic heterocycles. The van der Waals surface area contributed by atoms with Gasteiger partial charge < -0.3 is 10.1 Å². The van der Waals surface area contributed by atoms with Gasteiger partial charge in [0, 0.05) is 31.6 Å². The SMILES string of the molecule is N#Cc1csc(SCC(=O)NC[C@H]2CN(Cc3ccc(F)c(F)c3)CCO2)n1. The Hall–Kier alpha value is -2.06. The average Bonchev–Trinajstić information content (AvgIpc) is 3.16. The van der Waals surface area contributed by atoms with Crippen molar-refractivity contribution in [3.05, 3.63) is 46.5 Å². The second kappa shape index (κ2) is 9.93. The van der Waals surface area contributed by atoms with Gasteiger partial charge in [-0.15, -0.1) is 11.3 Å². The number of morpholine rings is 1. The van der Waals surface area contributed by atoms with Crippen molar-refractivity contribution in [2.45, 2.75) is 17.0 Å². The number of carbonyl (C=O) groups is 1. The number of rotatable bonds is 7. The highest BCUT2D eigenvalue weighted by Crippen LogP contribution is 2.22. The van der Waals surface area contributed by atoms with Crippen LogP contribution in [0.5, 0.6) is 0 Å². The van der Waals surface area contributed by atoms with E-state index in [1.807, 2.05) is 6.07 Å². The number of aromatic nitrogens is 1. The van der Waals surface area contributed by atoms with Crippen LogP contribution in [-0.4, -0.2) is 53.9 Å². The largest absolute Gasteiger partial charge is 0.374 e. The Bertz CT molecular complexity index is 872. The van der Waals surface area contributed by atoms with Crippen molar-refractivity contribution >= 4 is 29.0 Å². The predicted molar refractivity (Wildman–Crippen MR) is 102 cm³/mol. The molecule has 0 spiro atoms. The summed E-state index contributed by atoms with van der Waals surface area (Å²) >= 11 is 2.62. The molecular formula is C18H18F2N4O2S2. The molecule has 2 aromatic rings. The monoisotopic (exact) mass is 424 g/mol. The number of thiazole rings is 1. The summed E-state index contributed by atoms with van der Waals surface area (Å²) in [7, 11) is 0. The van der Waals surface area contributed by atoms with Crippen molar-refractivity contribution in [1.29, 1.82) is 5.26 Å². The summed E-state index contributed by atoms with van der Waals surface area (Å²) in [6.07, 6.45) is -0.168. The molecule has 10 heteroatoms. The highest BCUT2D eigenvalue weighted by atomic mass is 32.2. The minimum Gasteiger partial charge on any atom is -0.374 e. The number of benzene rings is 1. The summed E-state index contributed by atoms with van der Waals surface area (Å²) in [4.78, 5) is 18.2. The fourth-order valence-corrected chi connectivity index (χ4v) is 4.31. The molecule has 1 amide bonds. The molecule has 2 heterocycles. The number of nitriles is 1. The maximum Gasteiger partial charge on any atom is 0.230 e. The fraction of sp³-hybridized carbons (Fsp3) is 0.389. The van der Waals surface area contributed by atoms with Crippen molar-refractivity contribution in [2.24, 2.45) is 0 Å². The second-order valence-electron chi connectivity index (χ2n) is 6.18.